The molecule has 318 valence electrons. The molecule has 1 atom stereocenters. The van der Waals surface area contributed by atoms with Crippen LogP contribution < -0.4 is 19.6 Å². The molecule has 0 fully saturated rings. The molecule has 1 N–H and O–H groups in total. The Labute approximate surface area is 364 Å². The Morgan fingerprint density at radius 1 is 0.783 bits per heavy atom. The predicted molar refractivity (Wildman–Crippen MR) is 250 cm³/mol. The van der Waals surface area contributed by atoms with Crippen LogP contribution in [0.3, 0.4) is 0 Å². The summed E-state index contributed by atoms with van der Waals surface area (Å²) in [5.41, 5.74) is 3.41. The third-order valence-electron chi connectivity index (χ3n) is 10.7. The van der Waals surface area contributed by atoms with Crippen LogP contribution in [0.4, 0.5) is 11.4 Å². The zero-order valence-electron chi connectivity index (χ0n) is 34.8. The van der Waals surface area contributed by atoms with Crippen molar-refractivity contribution in [2.24, 2.45) is 5.92 Å². The van der Waals surface area contributed by atoms with Crippen LogP contribution in [0.5, 0.6) is 0 Å². The molecule has 60 heavy (non-hydrogen) atoms. The van der Waals surface area contributed by atoms with E-state index in [9.17, 15) is 21.4 Å². The van der Waals surface area contributed by atoms with Crippen molar-refractivity contribution < 1.29 is 25.8 Å². The van der Waals surface area contributed by atoms with Gasteiger partial charge in [0.2, 0.25) is 15.4 Å². The first-order chi connectivity index (χ1) is 28.9. The molecule has 4 aromatic carbocycles. The predicted octanol–water partition coefficient (Wildman–Crippen LogP) is 10.3. The summed E-state index contributed by atoms with van der Waals surface area (Å²) >= 11 is 3.60. The average Bonchev–Trinajstić information content (AvgIpc) is 3.24. The van der Waals surface area contributed by atoms with E-state index in [0.717, 1.165) is 74.1 Å². The smallest absolute Gasteiger partial charge is 0.233 e. The SMILES string of the molecule is CCCCC(CC)CS(=O)(=O)Nc1cc(S(=O)(=O)[O-])ccc1-c1c2ccc(=[N+](CC)CCSc3ccccc3)cc-2oc2cc(N(CC)CCSc3ccccc3)ccc12. The molecule has 0 bridgehead atoms. The fourth-order valence-electron chi connectivity index (χ4n) is 7.47. The van der Waals surface area contributed by atoms with Gasteiger partial charge < -0.3 is 13.9 Å². The van der Waals surface area contributed by atoms with Gasteiger partial charge in [-0.05, 0) is 80.8 Å². The summed E-state index contributed by atoms with van der Waals surface area (Å²) in [5.74, 6) is 2.14. The van der Waals surface area contributed by atoms with E-state index in [-0.39, 0.29) is 17.4 Å². The number of hydrogen-bond donors (Lipinski definition) is 1. The second-order valence-corrected chi connectivity index (χ2v) is 20.3. The number of rotatable bonds is 21. The maximum Gasteiger partial charge on any atom is 0.233 e. The Hall–Kier alpha value is -4.27. The minimum Gasteiger partial charge on any atom is -0.744 e. The number of nitrogens with zero attached hydrogens (tertiary/aromatic N) is 2. The van der Waals surface area contributed by atoms with Crippen LogP contribution in [0.15, 0.2) is 134 Å². The molecule has 1 aliphatic heterocycles. The Morgan fingerprint density at radius 3 is 2.10 bits per heavy atom. The van der Waals surface area contributed by atoms with Crippen LogP contribution in [0.1, 0.15) is 53.4 Å². The lowest BCUT2D eigenvalue weighted by Crippen LogP contribution is -2.31. The second kappa shape index (κ2) is 21.0. The fourth-order valence-corrected chi connectivity index (χ4v) is 11.4. The zero-order chi connectivity index (χ0) is 42.7. The summed E-state index contributed by atoms with van der Waals surface area (Å²) in [4.78, 5) is 4.20. The first-order valence-electron chi connectivity index (χ1n) is 20.7. The van der Waals surface area contributed by atoms with Gasteiger partial charge in [0.05, 0.1) is 28.2 Å². The lowest BCUT2D eigenvalue weighted by atomic mass is 9.92. The van der Waals surface area contributed by atoms with Crippen molar-refractivity contribution in [3.63, 3.8) is 0 Å². The Bertz CT molecular complexity index is 2620. The van der Waals surface area contributed by atoms with Crippen molar-refractivity contribution in [3.05, 3.63) is 121 Å². The summed E-state index contributed by atoms with van der Waals surface area (Å²) in [6.45, 7) is 11.4. The van der Waals surface area contributed by atoms with Gasteiger partial charge in [0.1, 0.15) is 28.0 Å². The zero-order valence-corrected chi connectivity index (χ0v) is 38.1. The summed E-state index contributed by atoms with van der Waals surface area (Å²) in [6, 6.07) is 36.7. The number of anilines is 2. The third kappa shape index (κ3) is 11.8. The third-order valence-corrected chi connectivity index (χ3v) is 15.0. The molecule has 4 aromatic rings. The molecule has 0 aromatic heterocycles. The molecule has 2 aliphatic rings. The molecule has 0 radical (unpaired) electrons. The highest BCUT2D eigenvalue weighted by Gasteiger charge is 2.25. The molecule has 9 nitrogen and oxygen atoms in total. The number of nitrogens with one attached hydrogen (secondary N) is 1. The van der Waals surface area contributed by atoms with Gasteiger partial charge in [-0.25, -0.2) is 21.4 Å². The number of sulfonamides is 1. The minimum absolute atomic E-state index is 0.0282. The van der Waals surface area contributed by atoms with Gasteiger partial charge in [0, 0.05) is 68.5 Å². The van der Waals surface area contributed by atoms with E-state index in [1.165, 1.54) is 21.9 Å². The average molecular weight is 886 g/mol. The largest absolute Gasteiger partial charge is 0.744 e. The second-order valence-electron chi connectivity index (χ2n) is 14.8. The van der Waals surface area contributed by atoms with E-state index >= 15 is 0 Å². The molecule has 0 saturated carbocycles. The number of unbranched alkanes of at least 4 members (excludes halogenated alkanes) is 1. The van der Waals surface area contributed by atoms with E-state index in [4.69, 9.17) is 4.42 Å². The lowest BCUT2D eigenvalue weighted by molar-refractivity contribution is 0.463. The van der Waals surface area contributed by atoms with Crippen LogP contribution in [-0.4, -0.2) is 64.8 Å². The van der Waals surface area contributed by atoms with Gasteiger partial charge in [0.15, 0.2) is 6.54 Å². The van der Waals surface area contributed by atoms with Gasteiger partial charge in [0.25, 0.3) is 0 Å². The van der Waals surface area contributed by atoms with Gasteiger partial charge in [-0.15, -0.1) is 23.5 Å². The van der Waals surface area contributed by atoms with E-state index in [1.54, 1.807) is 23.5 Å². The first-order valence-corrected chi connectivity index (χ1v) is 25.8. The van der Waals surface area contributed by atoms with Crippen molar-refractivity contribution in [2.75, 3.05) is 53.1 Å². The normalized spacial score (nSPS) is 13.1. The van der Waals surface area contributed by atoms with E-state index < -0.39 is 25.0 Å². The van der Waals surface area contributed by atoms with Crippen molar-refractivity contribution in [2.45, 2.75) is 68.1 Å². The van der Waals surface area contributed by atoms with Crippen LogP contribution in [-0.2, 0) is 20.1 Å². The molecular formula is C47H55N3O6S4. The highest BCUT2D eigenvalue weighted by molar-refractivity contribution is 7.99. The molecule has 0 spiro atoms. The first kappa shape index (κ1) is 45.3. The van der Waals surface area contributed by atoms with Crippen molar-refractivity contribution in [1.29, 1.82) is 0 Å². The number of thioether (sulfide) groups is 2. The Kier molecular flexibility index (Phi) is 15.8. The van der Waals surface area contributed by atoms with Gasteiger partial charge >= 0.3 is 0 Å². The maximum atomic E-state index is 13.9. The molecule has 0 amide bonds. The standard InChI is InChI=1S/C47H55N3O6S4/c1-5-9-16-35(6-2)34-59(51,52)48-44-33-40(60(53,54)55)23-26-41(44)47-42-24-21-36(49(7-3)27-29-57-38-17-12-10-13-18-38)31-45(42)56-46-32-37(22-25-43(46)47)50(8-4)28-30-58-39-19-14-11-15-20-39/h10-15,17-26,31-33,35H,5-9,16,27-30,34H2,1-4H3,(H,53,54,55). The molecular weight excluding hydrogens is 831 g/mol. The Morgan fingerprint density at radius 2 is 1.47 bits per heavy atom. The fraction of sp³-hybridized carbons (Fsp3) is 0.340. The van der Waals surface area contributed by atoms with E-state index in [2.05, 4.69) is 59.2 Å². The number of fused-ring (bicyclic) bond motifs is 2. The molecule has 1 unspecified atom stereocenters. The Balaban J connectivity index is 1.49. The van der Waals surface area contributed by atoms with Crippen LogP contribution >= 0.6 is 23.5 Å². The minimum atomic E-state index is -4.91. The molecule has 6 rings (SSSR count). The number of hydrogen-bond acceptors (Lipinski definition) is 9. The maximum absolute atomic E-state index is 13.9. The quantitative estimate of drug-likeness (QED) is 0.0326. The summed E-state index contributed by atoms with van der Waals surface area (Å²) < 4.78 is 76.7. The topological polar surface area (TPSA) is 123 Å². The van der Waals surface area contributed by atoms with Crippen molar-refractivity contribution in [1.82, 2.24) is 4.58 Å². The highest BCUT2D eigenvalue weighted by atomic mass is 32.2. The van der Waals surface area contributed by atoms with Gasteiger partial charge in [-0.1, -0.05) is 75.6 Å². The van der Waals surface area contributed by atoms with Crippen LogP contribution in [0, 0.1) is 5.92 Å². The summed E-state index contributed by atoms with van der Waals surface area (Å²) in [6.07, 6.45) is 3.30. The monoisotopic (exact) mass is 885 g/mol. The molecule has 1 heterocycles. The number of benzene rings is 5. The van der Waals surface area contributed by atoms with Gasteiger partial charge in [-0.3, -0.25) is 4.72 Å². The van der Waals surface area contributed by atoms with Crippen LogP contribution in [0.25, 0.3) is 33.4 Å². The highest BCUT2D eigenvalue weighted by Crippen LogP contribution is 2.44. The molecule has 13 heteroatoms. The van der Waals surface area contributed by atoms with Crippen molar-refractivity contribution >= 4 is 66.0 Å². The lowest BCUT2D eigenvalue weighted by Gasteiger charge is -2.24. The van der Waals surface area contributed by atoms with E-state index in [0.29, 0.717) is 39.8 Å². The molecule has 0 saturated heterocycles. The molecule has 1 aliphatic carbocycles. The van der Waals surface area contributed by atoms with E-state index in [1.807, 2.05) is 79.7 Å². The van der Waals surface area contributed by atoms with Crippen molar-refractivity contribution in [3.8, 4) is 22.5 Å². The summed E-state index contributed by atoms with van der Waals surface area (Å²) in [5, 5.41) is 1.69. The van der Waals surface area contributed by atoms with Crippen LogP contribution in [0.2, 0.25) is 0 Å². The van der Waals surface area contributed by atoms with Gasteiger partial charge in [-0.2, -0.15) is 0 Å². The summed E-state index contributed by atoms with van der Waals surface area (Å²) in [7, 11) is -8.87.